The molecule has 100 valence electrons. The van der Waals surface area contributed by atoms with E-state index in [1.54, 1.807) is 0 Å². The van der Waals surface area contributed by atoms with E-state index >= 15 is 0 Å². The van der Waals surface area contributed by atoms with Crippen LogP contribution in [0.5, 0.6) is 0 Å². The van der Waals surface area contributed by atoms with Crippen LogP contribution < -0.4 is 5.73 Å². The summed E-state index contributed by atoms with van der Waals surface area (Å²) in [6.07, 6.45) is 6.05. The van der Waals surface area contributed by atoms with Gasteiger partial charge >= 0.3 is 0 Å². The first kappa shape index (κ1) is 13.6. The molecule has 2 rings (SSSR count). The summed E-state index contributed by atoms with van der Waals surface area (Å²) in [5.74, 6) is 0. The van der Waals surface area contributed by atoms with Crippen LogP contribution in [0.2, 0.25) is 0 Å². The number of nitrogens with two attached hydrogens (primary N) is 1. The molecule has 1 unspecified atom stereocenters. The molecule has 0 aliphatic heterocycles. The SMILES string of the molecule is Cc1cc(C)cc(CC2(N)CCCCC2(C)C)c1. The van der Waals surface area contributed by atoms with Gasteiger partial charge in [0.05, 0.1) is 0 Å². The molecule has 1 aromatic carbocycles. The molecule has 0 amide bonds. The predicted octanol–water partition coefficient (Wildman–Crippen LogP) is 4.14. The Morgan fingerprint density at radius 2 is 1.56 bits per heavy atom. The largest absolute Gasteiger partial charge is 0.324 e. The van der Waals surface area contributed by atoms with Crippen molar-refractivity contribution in [3.8, 4) is 0 Å². The number of rotatable bonds is 2. The zero-order chi connectivity index (χ0) is 13.4. The van der Waals surface area contributed by atoms with Crippen molar-refractivity contribution >= 4 is 0 Å². The number of hydrogen-bond donors (Lipinski definition) is 1. The molecule has 1 nitrogen and oxygen atoms in total. The maximum Gasteiger partial charge on any atom is 0.0246 e. The van der Waals surface area contributed by atoms with E-state index < -0.39 is 0 Å². The molecular formula is C17H27N. The highest BCUT2D eigenvalue weighted by molar-refractivity contribution is 5.30. The van der Waals surface area contributed by atoms with Gasteiger partial charge in [-0.1, -0.05) is 56.0 Å². The third kappa shape index (κ3) is 2.61. The predicted molar refractivity (Wildman–Crippen MR) is 78.8 cm³/mol. The van der Waals surface area contributed by atoms with Crippen molar-refractivity contribution in [2.24, 2.45) is 11.1 Å². The molecule has 0 spiro atoms. The normalized spacial score (nSPS) is 27.2. The monoisotopic (exact) mass is 245 g/mol. The summed E-state index contributed by atoms with van der Waals surface area (Å²) in [5, 5.41) is 0. The molecule has 0 aromatic heterocycles. The molecule has 1 aliphatic rings. The van der Waals surface area contributed by atoms with Crippen LogP contribution in [0.1, 0.15) is 56.2 Å². The summed E-state index contributed by atoms with van der Waals surface area (Å²) in [7, 11) is 0. The first-order valence-electron chi connectivity index (χ1n) is 7.18. The smallest absolute Gasteiger partial charge is 0.0246 e. The summed E-state index contributed by atoms with van der Waals surface area (Å²) in [4.78, 5) is 0. The molecule has 0 radical (unpaired) electrons. The van der Waals surface area contributed by atoms with Gasteiger partial charge in [-0.25, -0.2) is 0 Å². The van der Waals surface area contributed by atoms with Crippen molar-refractivity contribution in [1.29, 1.82) is 0 Å². The van der Waals surface area contributed by atoms with Gasteiger partial charge in [0.2, 0.25) is 0 Å². The number of aryl methyl sites for hydroxylation is 2. The molecule has 1 aliphatic carbocycles. The minimum Gasteiger partial charge on any atom is -0.324 e. The van der Waals surface area contributed by atoms with Gasteiger partial charge in [0.25, 0.3) is 0 Å². The van der Waals surface area contributed by atoms with Gasteiger partial charge in [-0.05, 0) is 44.1 Å². The standard InChI is InChI=1S/C17H27N/c1-13-9-14(2)11-15(10-13)12-17(18)8-6-5-7-16(17,3)4/h9-11H,5-8,12,18H2,1-4H3. The summed E-state index contributed by atoms with van der Waals surface area (Å²) in [5.41, 5.74) is 11.1. The molecule has 1 heteroatoms. The van der Waals surface area contributed by atoms with Gasteiger partial charge in [-0.3, -0.25) is 0 Å². The molecule has 1 atom stereocenters. The van der Waals surface area contributed by atoms with Crippen molar-refractivity contribution < 1.29 is 0 Å². The van der Waals surface area contributed by atoms with E-state index in [4.69, 9.17) is 5.73 Å². The van der Waals surface area contributed by atoms with Crippen molar-refractivity contribution in [2.75, 3.05) is 0 Å². The van der Waals surface area contributed by atoms with Crippen LogP contribution in [0.3, 0.4) is 0 Å². The molecule has 0 heterocycles. The lowest BCUT2D eigenvalue weighted by atomic mass is 9.61. The van der Waals surface area contributed by atoms with Crippen molar-refractivity contribution in [2.45, 2.75) is 65.3 Å². The van der Waals surface area contributed by atoms with Gasteiger partial charge in [0.15, 0.2) is 0 Å². The highest BCUT2D eigenvalue weighted by Gasteiger charge is 2.43. The van der Waals surface area contributed by atoms with E-state index in [1.165, 1.54) is 36.0 Å². The van der Waals surface area contributed by atoms with E-state index in [0.29, 0.717) is 0 Å². The molecule has 0 saturated heterocycles. The Bertz CT molecular complexity index is 413. The number of hydrogen-bond acceptors (Lipinski definition) is 1. The summed E-state index contributed by atoms with van der Waals surface area (Å²) < 4.78 is 0. The lowest BCUT2D eigenvalue weighted by Crippen LogP contribution is -2.56. The average molecular weight is 245 g/mol. The first-order chi connectivity index (χ1) is 8.32. The second kappa shape index (κ2) is 4.70. The van der Waals surface area contributed by atoms with Gasteiger partial charge in [0.1, 0.15) is 0 Å². The van der Waals surface area contributed by atoms with Gasteiger partial charge in [-0.2, -0.15) is 0 Å². The molecule has 1 saturated carbocycles. The summed E-state index contributed by atoms with van der Waals surface area (Å²) >= 11 is 0. The van der Waals surface area contributed by atoms with Crippen LogP contribution >= 0.6 is 0 Å². The van der Waals surface area contributed by atoms with E-state index in [2.05, 4.69) is 45.9 Å². The highest BCUT2D eigenvalue weighted by atomic mass is 14.8. The summed E-state index contributed by atoms with van der Waals surface area (Å²) in [6, 6.07) is 6.83. The fourth-order valence-electron chi connectivity index (χ4n) is 3.46. The van der Waals surface area contributed by atoms with Gasteiger partial charge in [-0.15, -0.1) is 0 Å². The fourth-order valence-corrected chi connectivity index (χ4v) is 3.46. The molecule has 1 fully saturated rings. The molecule has 1 aromatic rings. The van der Waals surface area contributed by atoms with Crippen molar-refractivity contribution in [3.05, 3.63) is 34.9 Å². The zero-order valence-electron chi connectivity index (χ0n) is 12.3. The second-order valence-corrected chi connectivity index (χ2v) is 6.92. The Labute approximate surface area is 112 Å². The van der Waals surface area contributed by atoms with Crippen LogP contribution in [-0.4, -0.2) is 5.54 Å². The lowest BCUT2D eigenvalue weighted by molar-refractivity contribution is 0.0990. The minimum atomic E-state index is -0.0362. The van der Waals surface area contributed by atoms with Gasteiger partial charge in [0, 0.05) is 5.54 Å². The Morgan fingerprint density at radius 3 is 2.11 bits per heavy atom. The van der Waals surface area contributed by atoms with Crippen molar-refractivity contribution in [1.82, 2.24) is 0 Å². The Kier molecular flexibility index (Phi) is 3.55. The van der Waals surface area contributed by atoms with Crippen LogP contribution in [0.4, 0.5) is 0 Å². The third-order valence-electron chi connectivity index (χ3n) is 4.82. The summed E-state index contributed by atoms with van der Waals surface area (Å²) in [6.45, 7) is 9.03. The third-order valence-corrected chi connectivity index (χ3v) is 4.82. The maximum atomic E-state index is 6.77. The van der Waals surface area contributed by atoms with E-state index in [-0.39, 0.29) is 11.0 Å². The van der Waals surface area contributed by atoms with Crippen molar-refractivity contribution in [3.63, 3.8) is 0 Å². The molecule has 0 bridgehead atoms. The highest BCUT2D eigenvalue weighted by Crippen LogP contribution is 2.44. The topological polar surface area (TPSA) is 26.0 Å². The molecular weight excluding hydrogens is 218 g/mol. The zero-order valence-corrected chi connectivity index (χ0v) is 12.3. The quantitative estimate of drug-likeness (QED) is 0.832. The number of benzene rings is 1. The maximum absolute atomic E-state index is 6.77. The fraction of sp³-hybridized carbons (Fsp3) is 0.647. The molecule has 18 heavy (non-hydrogen) atoms. The van der Waals surface area contributed by atoms with E-state index in [9.17, 15) is 0 Å². The Hall–Kier alpha value is -0.820. The van der Waals surface area contributed by atoms with Crippen LogP contribution in [0.25, 0.3) is 0 Å². The Balaban J connectivity index is 2.26. The second-order valence-electron chi connectivity index (χ2n) is 6.92. The molecule has 2 N–H and O–H groups in total. The first-order valence-corrected chi connectivity index (χ1v) is 7.18. The lowest BCUT2D eigenvalue weighted by Gasteiger charge is -2.48. The average Bonchev–Trinajstić information content (AvgIpc) is 2.21. The van der Waals surface area contributed by atoms with Crippen LogP contribution in [0, 0.1) is 19.3 Å². The minimum absolute atomic E-state index is 0.0362. The Morgan fingerprint density at radius 1 is 1.00 bits per heavy atom. The van der Waals surface area contributed by atoms with E-state index in [1.807, 2.05) is 0 Å². The van der Waals surface area contributed by atoms with Crippen LogP contribution in [0.15, 0.2) is 18.2 Å². The van der Waals surface area contributed by atoms with Crippen LogP contribution in [-0.2, 0) is 6.42 Å². The van der Waals surface area contributed by atoms with Gasteiger partial charge < -0.3 is 5.73 Å². The van der Waals surface area contributed by atoms with E-state index in [0.717, 1.165) is 12.8 Å².